The van der Waals surface area contributed by atoms with Crippen molar-refractivity contribution in [1.29, 1.82) is 0 Å². The Hall–Kier alpha value is -0.980. The van der Waals surface area contributed by atoms with Crippen molar-refractivity contribution in [3.05, 3.63) is 11.7 Å². The van der Waals surface area contributed by atoms with Crippen LogP contribution in [0.15, 0.2) is 4.52 Å². The zero-order valence-electron chi connectivity index (χ0n) is 10.1. The molecular weight excluding hydrogens is 222 g/mol. The maximum atomic E-state index is 9.06. The van der Waals surface area contributed by atoms with Crippen molar-refractivity contribution in [3.8, 4) is 0 Å². The van der Waals surface area contributed by atoms with E-state index >= 15 is 0 Å². The summed E-state index contributed by atoms with van der Waals surface area (Å²) in [6.45, 7) is 3.44. The van der Waals surface area contributed by atoms with E-state index < -0.39 is 0 Å². The summed E-state index contributed by atoms with van der Waals surface area (Å²) in [5.41, 5.74) is 0. The SMILES string of the molecule is COCCc1noc(CN2CCC(CO)C2)n1. The van der Waals surface area contributed by atoms with E-state index in [-0.39, 0.29) is 6.61 Å². The fourth-order valence-electron chi connectivity index (χ4n) is 2.05. The third-order valence-corrected chi connectivity index (χ3v) is 3.03. The number of hydrogen-bond acceptors (Lipinski definition) is 6. The highest BCUT2D eigenvalue weighted by molar-refractivity contribution is 4.88. The molecule has 1 aliphatic heterocycles. The van der Waals surface area contributed by atoms with E-state index in [1.165, 1.54) is 0 Å². The van der Waals surface area contributed by atoms with E-state index in [0.29, 0.717) is 37.2 Å². The van der Waals surface area contributed by atoms with E-state index in [0.717, 1.165) is 19.5 Å². The normalized spacial score (nSPS) is 21.2. The third-order valence-electron chi connectivity index (χ3n) is 3.03. The van der Waals surface area contributed by atoms with Gasteiger partial charge in [0.2, 0.25) is 5.89 Å². The van der Waals surface area contributed by atoms with Gasteiger partial charge in [-0.3, -0.25) is 4.90 Å². The molecule has 0 bridgehead atoms. The van der Waals surface area contributed by atoms with Crippen molar-refractivity contribution in [1.82, 2.24) is 15.0 Å². The van der Waals surface area contributed by atoms with Crippen LogP contribution in [0.5, 0.6) is 0 Å². The quantitative estimate of drug-likeness (QED) is 0.760. The van der Waals surface area contributed by atoms with Crippen LogP contribution in [0.4, 0.5) is 0 Å². The second-order valence-corrected chi connectivity index (χ2v) is 4.42. The summed E-state index contributed by atoms with van der Waals surface area (Å²) >= 11 is 0. The Labute approximate surface area is 101 Å². The Morgan fingerprint density at radius 2 is 2.47 bits per heavy atom. The van der Waals surface area contributed by atoms with Gasteiger partial charge in [-0.1, -0.05) is 5.16 Å². The highest BCUT2D eigenvalue weighted by atomic mass is 16.5. The average molecular weight is 241 g/mol. The fraction of sp³-hybridized carbons (Fsp3) is 0.818. The molecule has 1 aromatic rings. The molecule has 0 saturated carbocycles. The van der Waals surface area contributed by atoms with Gasteiger partial charge in [0, 0.05) is 26.7 Å². The molecule has 96 valence electrons. The van der Waals surface area contributed by atoms with Crippen LogP contribution in [0.3, 0.4) is 0 Å². The van der Waals surface area contributed by atoms with Crippen molar-refractivity contribution in [2.75, 3.05) is 33.4 Å². The molecule has 0 aliphatic carbocycles. The van der Waals surface area contributed by atoms with Crippen LogP contribution in [0.25, 0.3) is 0 Å². The molecule has 6 heteroatoms. The van der Waals surface area contributed by atoms with E-state index in [9.17, 15) is 0 Å². The molecule has 2 rings (SSSR count). The molecule has 0 radical (unpaired) electrons. The first kappa shape index (κ1) is 12.5. The Kier molecular flexibility index (Phi) is 4.47. The lowest BCUT2D eigenvalue weighted by molar-refractivity contribution is 0.199. The summed E-state index contributed by atoms with van der Waals surface area (Å²) in [6.07, 6.45) is 1.72. The lowest BCUT2D eigenvalue weighted by Gasteiger charge is -2.11. The predicted octanol–water partition coefficient (Wildman–Crippen LogP) is 0.0727. The van der Waals surface area contributed by atoms with Gasteiger partial charge < -0.3 is 14.4 Å². The van der Waals surface area contributed by atoms with Crippen LogP contribution in [-0.4, -0.2) is 53.6 Å². The molecule has 1 N–H and O–H groups in total. The predicted molar refractivity (Wildman–Crippen MR) is 60.3 cm³/mol. The van der Waals surface area contributed by atoms with Crippen molar-refractivity contribution >= 4 is 0 Å². The van der Waals surface area contributed by atoms with Crippen molar-refractivity contribution in [2.24, 2.45) is 5.92 Å². The number of aliphatic hydroxyl groups excluding tert-OH is 1. The fourth-order valence-corrected chi connectivity index (χ4v) is 2.05. The smallest absolute Gasteiger partial charge is 0.240 e. The average Bonchev–Trinajstić information content (AvgIpc) is 2.96. The second-order valence-electron chi connectivity index (χ2n) is 4.42. The molecule has 1 fully saturated rings. The Morgan fingerprint density at radius 1 is 1.59 bits per heavy atom. The van der Waals surface area contributed by atoms with Gasteiger partial charge in [0.15, 0.2) is 5.82 Å². The minimum Gasteiger partial charge on any atom is -0.396 e. The monoisotopic (exact) mass is 241 g/mol. The van der Waals surface area contributed by atoms with Gasteiger partial charge in [-0.15, -0.1) is 0 Å². The Bertz CT molecular complexity index is 342. The zero-order chi connectivity index (χ0) is 12.1. The minimum atomic E-state index is 0.263. The highest BCUT2D eigenvalue weighted by Crippen LogP contribution is 2.17. The standard InChI is InChI=1S/C11H19N3O3/c1-16-5-3-10-12-11(17-13-10)7-14-4-2-9(6-14)8-15/h9,15H,2-8H2,1H3. The number of nitrogens with zero attached hydrogens (tertiary/aromatic N) is 3. The first-order valence-electron chi connectivity index (χ1n) is 5.95. The summed E-state index contributed by atoms with van der Waals surface area (Å²) in [5, 5.41) is 13.0. The number of hydrogen-bond donors (Lipinski definition) is 1. The summed E-state index contributed by atoms with van der Waals surface area (Å²) in [7, 11) is 1.65. The number of aromatic nitrogens is 2. The molecule has 17 heavy (non-hydrogen) atoms. The molecule has 1 unspecified atom stereocenters. The van der Waals surface area contributed by atoms with Gasteiger partial charge in [0.05, 0.1) is 13.2 Å². The largest absolute Gasteiger partial charge is 0.396 e. The number of aliphatic hydroxyl groups is 1. The zero-order valence-corrected chi connectivity index (χ0v) is 10.1. The molecule has 0 aromatic carbocycles. The molecular formula is C11H19N3O3. The first-order valence-corrected chi connectivity index (χ1v) is 5.95. The van der Waals surface area contributed by atoms with E-state index in [1.807, 2.05) is 0 Å². The molecule has 0 spiro atoms. The van der Waals surface area contributed by atoms with Crippen LogP contribution in [-0.2, 0) is 17.7 Å². The molecule has 6 nitrogen and oxygen atoms in total. The van der Waals surface area contributed by atoms with Gasteiger partial charge in [-0.05, 0) is 18.9 Å². The van der Waals surface area contributed by atoms with E-state index in [2.05, 4.69) is 15.0 Å². The van der Waals surface area contributed by atoms with Crippen LogP contribution in [0, 0.1) is 5.92 Å². The number of rotatable bonds is 6. The van der Waals surface area contributed by atoms with Crippen LogP contribution < -0.4 is 0 Å². The maximum Gasteiger partial charge on any atom is 0.240 e. The molecule has 0 amide bonds. The maximum absolute atomic E-state index is 9.06. The third kappa shape index (κ3) is 3.49. The first-order chi connectivity index (χ1) is 8.31. The van der Waals surface area contributed by atoms with Crippen LogP contribution in [0.1, 0.15) is 18.1 Å². The minimum absolute atomic E-state index is 0.263. The Balaban J connectivity index is 1.80. The Morgan fingerprint density at radius 3 is 3.18 bits per heavy atom. The lowest BCUT2D eigenvalue weighted by atomic mass is 10.1. The van der Waals surface area contributed by atoms with E-state index in [1.54, 1.807) is 7.11 Å². The van der Waals surface area contributed by atoms with Crippen molar-refractivity contribution in [2.45, 2.75) is 19.4 Å². The van der Waals surface area contributed by atoms with Crippen LogP contribution in [0.2, 0.25) is 0 Å². The van der Waals surface area contributed by atoms with E-state index in [4.69, 9.17) is 14.4 Å². The lowest BCUT2D eigenvalue weighted by Crippen LogP contribution is -2.21. The van der Waals surface area contributed by atoms with Crippen molar-refractivity contribution in [3.63, 3.8) is 0 Å². The number of ether oxygens (including phenoxy) is 1. The summed E-state index contributed by atoms with van der Waals surface area (Å²) in [6, 6.07) is 0. The summed E-state index contributed by atoms with van der Waals surface area (Å²) < 4.78 is 10.1. The topological polar surface area (TPSA) is 71.6 Å². The summed E-state index contributed by atoms with van der Waals surface area (Å²) in [5.74, 6) is 1.74. The molecule has 1 atom stereocenters. The summed E-state index contributed by atoms with van der Waals surface area (Å²) in [4.78, 5) is 6.53. The van der Waals surface area contributed by atoms with Gasteiger partial charge in [0.1, 0.15) is 0 Å². The molecule has 2 heterocycles. The highest BCUT2D eigenvalue weighted by Gasteiger charge is 2.23. The molecule has 1 aliphatic rings. The number of likely N-dealkylation sites (tertiary alicyclic amines) is 1. The number of methoxy groups -OCH3 is 1. The molecule has 1 aromatic heterocycles. The van der Waals surface area contributed by atoms with Gasteiger partial charge in [0.25, 0.3) is 0 Å². The van der Waals surface area contributed by atoms with Crippen molar-refractivity contribution < 1.29 is 14.4 Å². The van der Waals surface area contributed by atoms with Crippen LogP contribution >= 0.6 is 0 Å². The van der Waals surface area contributed by atoms with Gasteiger partial charge >= 0.3 is 0 Å². The van der Waals surface area contributed by atoms with Gasteiger partial charge in [-0.2, -0.15) is 4.98 Å². The molecule has 1 saturated heterocycles. The second kappa shape index (κ2) is 6.09. The van der Waals surface area contributed by atoms with Gasteiger partial charge in [-0.25, -0.2) is 0 Å².